The van der Waals surface area contributed by atoms with E-state index in [4.69, 9.17) is 45.4 Å². The molecular formula is C24H25Cl4Si2. The fourth-order valence-electron chi connectivity index (χ4n) is 5.57. The molecule has 0 aromatic heterocycles. The van der Waals surface area contributed by atoms with E-state index in [0.29, 0.717) is 0 Å². The standard InChI is InChI=1S/C24H25Cl4Si2/c1-12-10-20(24(25,26)29)14(3)16-6-8-18(22(12)16)19-9-7-17-15(4)21(30(5,27)28)11-13(2)23(17)19/h10-11H,6-9H2,1-5H3/b19-18+. The molecule has 2 aliphatic rings. The Balaban J connectivity index is 1.94. The van der Waals surface area contributed by atoms with E-state index in [9.17, 15) is 0 Å². The highest BCUT2D eigenvalue weighted by atomic mass is 35.7. The molecule has 0 spiro atoms. The minimum atomic E-state index is -2.41. The van der Waals surface area contributed by atoms with Crippen LogP contribution in [-0.4, -0.2) is 16.9 Å². The Kier molecular flexibility index (Phi) is 5.87. The number of benzene rings is 2. The van der Waals surface area contributed by atoms with Gasteiger partial charge in [-0.25, -0.2) is 0 Å². The predicted octanol–water partition coefficient (Wildman–Crippen LogP) is 7.24. The molecule has 2 aromatic carbocycles. The molecule has 0 bridgehead atoms. The van der Waals surface area contributed by atoms with Crippen LogP contribution in [0.5, 0.6) is 0 Å². The summed E-state index contributed by atoms with van der Waals surface area (Å²) in [6, 6.07) is 4.38. The number of fused-ring (bicyclic) bond motifs is 2. The van der Waals surface area contributed by atoms with Crippen LogP contribution in [0.1, 0.15) is 62.9 Å². The summed E-state index contributed by atoms with van der Waals surface area (Å²) in [7, 11) is 3.48. The zero-order chi connectivity index (χ0) is 22.2. The molecule has 4 rings (SSSR count). The number of aryl methyl sites for hydroxylation is 2. The summed E-state index contributed by atoms with van der Waals surface area (Å²) in [6.07, 6.45) is 4.23. The van der Waals surface area contributed by atoms with E-state index < -0.39 is 10.7 Å². The van der Waals surface area contributed by atoms with Gasteiger partial charge in [-0.3, -0.25) is 0 Å². The maximum atomic E-state index is 6.62. The molecule has 0 atom stereocenters. The zero-order valence-electron chi connectivity index (χ0n) is 18.0. The van der Waals surface area contributed by atoms with E-state index in [2.05, 4.69) is 50.1 Å². The lowest BCUT2D eigenvalue weighted by Gasteiger charge is -2.22. The SMILES string of the molecule is Cc1cc(C([Si])(Cl)Cl)c(C)c2c1/C(=C1\CCc3c(C)c([Si](C)(Cl)Cl)cc(C)c31)CC2. The molecule has 157 valence electrons. The van der Waals surface area contributed by atoms with Crippen molar-refractivity contribution in [3.63, 3.8) is 0 Å². The third-order valence-corrected chi connectivity index (χ3v) is 10.2. The molecule has 2 aromatic rings. The molecule has 0 N–H and O–H groups in total. The number of alkyl halides is 2. The third-order valence-electron chi connectivity index (χ3n) is 6.86. The summed E-state index contributed by atoms with van der Waals surface area (Å²) in [5.41, 5.74) is 14.6. The van der Waals surface area contributed by atoms with Crippen molar-refractivity contribution in [3.8, 4) is 0 Å². The van der Waals surface area contributed by atoms with Crippen LogP contribution in [0.4, 0.5) is 0 Å². The summed E-state index contributed by atoms with van der Waals surface area (Å²) in [6.45, 7) is 8.30. The predicted molar refractivity (Wildman–Crippen MR) is 137 cm³/mol. The number of rotatable bonds is 2. The Morgan fingerprint density at radius 3 is 1.73 bits per heavy atom. The average Bonchev–Trinajstić information content (AvgIpc) is 3.23. The van der Waals surface area contributed by atoms with Crippen LogP contribution in [0.3, 0.4) is 0 Å². The van der Waals surface area contributed by atoms with Crippen molar-refractivity contribution in [1.29, 1.82) is 0 Å². The highest BCUT2D eigenvalue weighted by Gasteiger charge is 2.34. The normalized spacial score (nSPS) is 18.7. The van der Waals surface area contributed by atoms with Crippen LogP contribution in [0.15, 0.2) is 12.1 Å². The molecule has 0 fully saturated rings. The smallest absolute Gasteiger partial charge is 0.140 e. The summed E-state index contributed by atoms with van der Waals surface area (Å²) < 4.78 is -1.07. The molecule has 0 aliphatic heterocycles. The van der Waals surface area contributed by atoms with E-state index in [1.807, 2.05) is 6.55 Å². The van der Waals surface area contributed by atoms with Crippen LogP contribution in [0.2, 0.25) is 6.55 Å². The first kappa shape index (κ1) is 22.9. The van der Waals surface area contributed by atoms with Crippen LogP contribution in [0, 0.1) is 27.7 Å². The van der Waals surface area contributed by atoms with Crippen LogP contribution >= 0.6 is 45.4 Å². The second kappa shape index (κ2) is 7.68. The van der Waals surface area contributed by atoms with E-state index >= 15 is 0 Å². The summed E-state index contributed by atoms with van der Waals surface area (Å²) >= 11 is 26.1. The Morgan fingerprint density at radius 2 is 1.27 bits per heavy atom. The molecule has 0 unspecified atom stereocenters. The van der Waals surface area contributed by atoms with E-state index in [1.54, 1.807) is 0 Å². The maximum Gasteiger partial charge on any atom is 0.278 e. The van der Waals surface area contributed by atoms with Crippen LogP contribution in [-0.2, 0) is 16.8 Å². The fourth-order valence-corrected chi connectivity index (χ4v) is 8.68. The first-order valence-electron chi connectivity index (χ1n) is 10.3. The maximum absolute atomic E-state index is 6.62. The first-order chi connectivity index (χ1) is 13.8. The van der Waals surface area contributed by atoms with Gasteiger partial charge >= 0.3 is 0 Å². The van der Waals surface area contributed by atoms with Gasteiger partial charge in [0.15, 0.2) is 0 Å². The Hall–Kier alpha value is -0.226. The number of halogens is 4. The Labute approximate surface area is 203 Å². The number of hydrogen-bond donors (Lipinski definition) is 0. The van der Waals surface area contributed by atoms with Crippen molar-refractivity contribution in [1.82, 2.24) is 0 Å². The minimum absolute atomic E-state index is 0.946. The van der Waals surface area contributed by atoms with Gasteiger partial charge in [0, 0.05) is 0 Å². The van der Waals surface area contributed by atoms with Crippen LogP contribution in [0.25, 0.3) is 11.1 Å². The zero-order valence-corrected chi connectivity index (χ0v) is 23.0. The van der Waals surface area contributed by atoms with Gasteiger partial charge in [0.25, 0.3) is 6.69 Å². The first-order valence-corrected chi connectivity index (χ1v) is 16.1. The Morgan fingerprint density at radius 1 is 0.800 bits per heavy atom. The Bertz CT molecular complexity index is 1010. The molecule has 6 heteroatoms. The van der Waals surface area contributed by atoms with Gasteiger partial charge in [-0.1, -0.05) is 12.1 Å². The topological polar surface area (TPSA) is 0 Å². The largest absolute Gasteiger partial charge is 0.278 e. The summed E-state index contributed by atoms with van der Waals surface area (Å²) in [5.74, 6) is 0. The average molecular weight is 511 g/mol. The lowest BCUT2D eigenvalue weighted by molar-refractivity contribution is 1.03. The molecule has 0 saturated heterocycles. The second-order valence-electron chi connectivity index (χ2n) is 8.86. The van der Waals surface area contributed by atoms with Crippen molar-refractivity contribution >= 4 is 78.6 Å². The van der Waals surface area contributed by atoms with Gasteiger partial charge in [-0.15, -0.1) is 45.4 Å². The molecular weight excluding hydrogens is 486 g/mol. The highest BCUT2D eigenvalue weighted by molar-refractivity contribution is 7.50. The van der Waals surface area contributed by atoms with Crippen molar-refractivity contribution in [2.45, 2.75) is 63.9 Å². The minimum Gasteiger partial charge on any atom is -0.140 e. The van der Waals surface area contributed by atoms with E-state index in [1.165, 1.54) is 55.7 Å². The quantitative estimate of drug-likeness (QED) is 0.227. The van der Waals surface area contributed by atoms with Crippen molar-refractivity contribution in [2.75, 3.05) is 0 Å². The molecule has 0 amide bonds. The summed E-state index contributed by atoms with van der Waals surface area (Å²) in [4.78, 5) is 0. The van der Waals surface area contributed by atoms with Gasteiger partial charge in [-0.2, -0.15) is 0 Å². The van der Waals surface area contributed by atoms with Gasteiger partial charge in [0.1, 0.15) is 3.96 Å². The lowest BCUT2D eigenvalue weighted by Crippen LogP contribution is -2.36. The van der Waals surface area contributed by atoms with Gasteiger partial charge in [0.2, 0.25) is 0 Å². The van der Waals surface area contributed by atoms with Crippen molar-refractivity contribution in [2.24, 2.45) is 0 Å². The van der Waals surface area contributed by atoms with Crippen molar-refractivity contribution in [3.05, 3.63) is 62.2 Å². The van der Waals surface area contributed by atoms with Crippen LogP contribution < -0.4 is 5.19 Å². The van der Waals surface area contributed by atoms with Crippen molar-refractivity contribution < 1.29 is 0 Å². The van der Waals surface area contributed by atoms with Gasteiger partial charge in [0.05, 0.1) is 10.2 Å². The molecule has 0 nitrogen and oxygen atoms in total. The monoisotopic (exact) mass is 509 g/mol. The molecule has 0 heterocycles. The van der Waals surface area contributed by atoms with Gasteiger partial charge in [-0.05, 0) is 126 Å². The summed E-state index contributed by atoms with van der Waals surface area (Å²) in [5, 5.41) is 1.16. The molecule has 30 heavy (non-hydrogen) atoms. The number of hydrogen-bond acceptors (Lipinski definition) is 0. The fraction of sp³-hybridized carbons (Fsp3) is 0.417. The molecule has 2 aliphatic carbocycles. The molecule has 3 radical (unpaired) electrons. The second-order valence-corrected chi connectivity index (χ2v) is 19.0. The van der Waals surface area contributed by atoms with E-state index in [0.717, 1.165) is 36.4 Å². The van der Waals surface area contributed by atoms with E-state index in [-0.39, 0.29) is 0 Å². The molecule has 0 saturated carbocycles. The third kappa shape index (κ3) is 3.66. The lowest BCUT2D eigenvalue weighted by atomic mass is 9.89. The number of allylic oxidation sites excluding steroid dienone is 2. The van der Waals surface area contributed by atoms with Gasteiger partial charge < -0.3 is 0 Å². The highest BCUT2D eigenvalue weighted by Crippen LogP contribution is 2.49.